The number of ether oxygens (including phenoxy) is 1. The third kappa shape index (κ3) is 3.20. The summed E-state index contributed by atoms with van der Waals surface area (Å²) in [6.07, 6.45) is -3.76. The summed E-state index contributed by atoms with van der Waals surface area (Å²) in [6.45, 7) is 1.23. The highest BCUT2D eigenvalue weighted by Gasteiger charge is 2.32. The van der Waals surface area contributed by atoms with E-state index >= 15 is 0 Å². The summed E-state index contributed by atoms with van der Waals surface area (Å²) in [5, 5.41) is 8.94. The van der Waals surface area contributed by atoms with Crippen LogP contribution >= 0.6 is 22.6 Å². The number of aryl methyl sites for hydroxylation is 1. The van der Waals surface area contributed by atoms with E-state index in [1.807, 2.05) is 0 Å². The Hall–Kier alpha value is -0.570. The molecule has 1 aromatic rings. The number of aliphatic hydroxyl groups is 1. The summed E-state index contributed by atoms with van der Waals surface area (Å²) in [7, 11) is 0. The summed E-state index contributed by atoms with van der Waals surface area (Å²) in [5.41, 5.74) is 0.828. The maximum Gasteiger partial charge on any atom is 0.573 e. The first-order chi connectivity index (χ1) is 6.85. The molecule has 0 saturated heterocycles. The van der Waals surface area contributed by atoms with Crippen LogP contribution in [0.5, 0.6) is 5.75 Å². The molecule has 0 spiro atoms. The van der Waals surface area contributed by atoms with Gasteiger partial charge in [0.25, 0.3) is 0 Å². The second-order valence-corrected chi connectivity index (χ2v) is 3.79. The number of alkyl halides is 3. The first-order valence-electron chi connectivity index (χ1n) is 3.85. The van der Waals surface area contributed by atoms with Gasteiger partial charge in [-0.1, -0.05) is 0 Å². The Balaban J connectivity index is 3.11. The van der Waals surface area contributed by atoms with Gasteiger partial charge in [-0.15, -0.1) is 13.2 Å². The quantitative estimate of drug-likeness (QED) is 0.845. The van der Waals surface area contributed by atoms with E-state index in [0.29, 0.717) is 11.3 Å². The predicted octanol–water partition coefficient (Wildman–Crippen LogP) is 2.39. The van der Waals surface area contributed by atoms with Crippen molar-refractivity contribution in [2.45, 2.75) is 19.9 Å². The van der Waals surface area contributed by atoms with Crippen molar-refractivity contribution < 1.29 is 23.0 Å². The number of aliphatic hydroxyl groups excluding tert-OH is 1. The van der Waals surface area contributed by atoms with Crippen LogP contribution in [0.4, 0.5) is 13.2 Å². The van der Waals surface area contributed by atoms with Gasteiger partial charge in [-0.25, -0.2) is 0 Å². The molecule has 1 rings (SSSR count). The van der Waals surface area contributed by atoms with Crippen LogP contribution in [0.1, 0.15) is 11.3 Å². The minimum atomic E-state index is -4.75. The third-order valence-electron chi connectivity index (χ3n) is 1.68. The van der Waals surface area contributed by atoms with Crippen LogP contribution in [-0.2, 0) is 6.61 Å². The number of hydrogen-bond donors (Lipinski definition) is 1. The van der Waals surface area contributed by atoms with E-state index in [1.165, 1.54) is 0 Å². The van der Waals surface area contributed by atoms with Crippen LogP contribution in [0.25, 0.3) is 0 Å². The topological polar surface area (TPSA) is 42.4 Å². The van der Waals surface area contributed by atoms with Gasteiger partial charge in [0.1, 0.15) is 0 Å². The van der Waals surface area contributed by atoms with E-state index < -0.39 is 12.1 Å². The Kier molecular flexibility index (Phi) is 3.77. The minimum absolute atomic E-state index is 0.222. The highest BCUT2D eigenvalue weighted by atomic mass is 127. The normalized spacial score (nSPS) is 11.6. The van der Waals surface area contributed by atoms with Crippen molar-refractivity contribution in [3.63, 3.8) is 0 Å². The Morgan fingerprint density at radius 3 is 2.60 bits per heavy atom. The molecule has 0 atom stereocenters. The molecule has 0 aromatic carbocycles. The number of rotatable bonds is 2. The van der Waals surface area contributed by atoms with Gasteiger partial charge in [0.2, 0.25) is 0 Å². The van der Waals surface area contributed by atoms with Gasteiger partial charge in [0, 0.05) is 11.3 Å². The van der Waals surface area contributed by atoms with Crippen LogP contribution in [0.3, 0.4) is 0 Å². The largest absolute Gasteiger partial charge is 0.573 e. The molecular weight excluding hydrogens is 326 g/mol. The summed E-state index contributed by atoms with van der Waals surface area (Å²) in [6, 6.07) is 0. The molecule has 1 N–H and O–H groups in total. The zero-order valence-corrected chi connectivity index (χ0v) is 9.76. The lowest BCUT2D eigenvalue weighted by Gasteiger charge is -2.13. The van der Waals surface area contributed by atoms with Crippen molar-refractivity contribution in [2.24, 2.45) is 0 Å². The van der Waals surface area contributed by atoms with Gasteiger partial charge in [0.15, 0.2) is 5.75 Å². The summed E-state index contributed by atoms with van der Waals surface area (Å²) >= 11 is 1.68. The molecule has 7 heteroatoms. The Labute approximate surface area is 97.4 Å². The second-order valence-electron chi connectivity index (χ2n) is 2.71. The van der Waals surface area contributed by atoms with Crippen molar-refractivity contribution in [2.75, 3.05) is 0 Å². The average Bonchev–Trinajstić information content (AvgIpc) is 2.09. The molecule has 0 aliphatic rings. The van der Waals surface area contributed by atoms with E-state index in [4.69, 9.17) is 5.11 Å². The van der Waals surface area contributed by atoms with E-state index in [1.54, 1.807) is 29.5 Å². The smallest absolute Gasteiger partial charge is 0.403 e. The fourth-order valence-electron chi connectivity index (χ4n) is 0.977. The minimum Gasteiger partial charge on any atom is -0.403 e. The van der Waals surface area contributed by atoms with Crippen LogP contribution in [0.15, 0.2) is 6.20 Å². The van der Waals surface area contributed by atoms with Crippen molar-refractivity contribution >= 4 is 22.6 Å². The maximum atomic E-state index is 11.9. The summed E-state index contributed by atoms with van der Waals surface area (Å²) < 4.78 is 39.8. The molecule has 1 aromatic heterocycles. The van der Waals surface area contributed by atoms with Gasteiger partial charge in [-0.2, -0.15) is 0 Å². The van der Waals surface area contributed by atoms with Crippen LogP contribution < -0.4 is 4.74 Å². The number of pyridine rings is 1. The number of aromatic nitrogens is 1. The van der Waals surface area contributed by atoms with Crippen molar-refractivity contribution in [1.82, 2.24) is 4.98 Å². The van der Waals surface area contributed by atoms with Gasteiger partial charge in [-0.05, 0) is 29.5 Å². The number of halogens is 4. The zero-order chi connectivity index (χ0) is 11.6. The van der Waals surface area contributed by atoms with E-state index in [-0.39, 0.29) is 10.2 Å². The number of hydrogen-bond acceptors (Lipinski definition) is 3. The van der Waals surface area contributed by atoms with Crippen LogP contribution in [-0.4, -0.2) is 16.5 Å². The van der Waals surface area contributed by atoms with Gasteiger partial charge in [0.05, 0.1) is 16.4 Å². The predicted molar refractivity (Wildman–Crippen MR) is 54.3 cm³/mol. The molecule has 0 amide bonds. The standard InChI is InChI=1S/C8H7F3INO2/c1-4-5(3-14)7(12)6(2-13-4)15-8(9,10)11/h2,14H,3H2,1H3. The third-order valence-corrected chi connectivity index (χ3v) is 2.86. The van der Waals surface area contributed by atoms with Crippen LogP contribution in [0.2, 0.25) is 0 Å². The van der Waals surface area contributed by atoms with Crippen molar-refractivity contribution in [1.29, 1.82) is 0 Å². The van der Waals surface area contributed by atoms with Gasteiger partial charge < -0.3 is 9.84 Å². The second kappa shape index (κ2) is 4.52. The molecule has 0 fully saturated rings. The van der Waals surface area contributed by atoms with E-state index in [9.17, 15) is 13.2 Å². The van der Waals surface area contributed by atoms with Crippen molar-refractivity contribution in [3.05, 3.63) is 21.0 Å². The molecule has 3 nitrogen and oxygen atoms in total. The SMILES string of the molecule is Cc1ncc(OC(F)(F)F)c(I)c1CO. The molecule has 0 aliphatic carbocycles. The van der Waals surface area contributed by atoms with E-state index in [0.717, 1.165) is 6.20 Å². The maximum absolute atomic E-state index is 11.9. The Morgan fingerprint density at radius 2 is 2.13 bits per heavy atom. The zero-order valence-electron chi connectivity index (χ0n) is 7.60. The lowest BCUT2D eigenvalue weighted by Crippen LogP contribution is -2.18. The molecule has 0 unspecified atom stereocenters. The molecule has 0 bridgehead atoms. The Bertz CT molecular complexity index is 368. The van der Waals surface area contributed by atoms with Crippen molar-refractivity contribution in [3.8, 4) is 5.75 Å². The number of nitrogens with zero attached hydrogens (tertiary/aromatic N) is 1. The molecule has 0 saturated carbocycles. The highest BCUT2D eigenvalue weighted by molar-refractivity contribution is 14.1. The lowest BCUT2D eigenvalue weighted by molar-refractivity contribution is -0.275. The van der Waals surface area contributed by atoms with Gasteiger partial charge in [-0.3, -0.25) is 4.98 Å². The monoisotopic (exact) mass is 333 g/mol. The molecule has 15 heavy (non-hydrogen) atoms. The first-order valence-corrected chi connectivity index (χ1v) is 4.93. The van der Waals surface area contributed by atoms with Crippen LogP contribution in [0, 0.1) is 10.5 Å². The fraction of sp³-hybridized carbons (Fsp3) is 0.375. The van der Waals surface area contributed by atoms with E-state index in [2.05, 4.69) is 9.72 Å². The average molecular weight is 333 g/mol. The summed E-state index contributed by atoms with van der Waals surface area (Å²) in [4.78, 5) is 3.71. The first kappa shape index (κ1) is 12.5. The lowest BCUT2D eigenvalue weighted by atomic mass is 10.2. The molecule has 84 valence electrons. The van der Waals surface area contributed by atoms with Gasteiger partial charge >= 0.3 is 6.36 Å². The highest BCUT2D eigenvalue weighted by Crippen LogP contribution is 2.30. The summed E-state index contributed by atoms with van der Waals surface area (Å²) in [5.74, 6) is -0.391. The molecular formula is C8H7F3INO2. The fourth-order valence-corrected chi connectivity index (χ4v) is 1.79. The molecule has 0 radical (unpaired) electrons. The molecule has 1 heterocycles. The Morgan fingerprint density at radius 1 is 1.53 bits per heavy atom. The molecule has 0 aliphatic heterocycles.